The lowest BCUT2D eigenvalue weighted by Crippen LogP contribution is -2.58. The van der Waals surface area contributed by atoms with Gasteiger partial charge in [-0.05, 0) is 14.1 Å². The summed E-state index contributed by atoms with van der Waals surface area (Å²) in [4.78, 5) is 4.22. The summed E-state index contributed by atoms with van der Waals surface area (Å²) in [6, 6.07) is 0.580. The summed E-state index contributed by atoms with van der Waals surface area (Å²) in [6.45, 7) is 1.73. The smallest absolute Gasteiger partial charge is 0.117 e. The SMILES string of the molecule is CN(C)C1CN(CC(O)CF)C1. The van der Waals surface area contributed by atoms with E-state index in [9.17, 15) is 4.39 Å². The van der Waals surface area contributed by atoms with Gasteiger partial charge in [0.2, 0.25) is 0 Å². The van der Waals surface area contributed by atoms with E-state index in [4.69, 9.17) is 5.11 Å². The predicted octanol–water partition coefficient (Wildman–Crippen LogP) is -0.437. The molecule has 0 aliphatic carbocycles. The van der Waals surface area contributed by atoms with Crippen molar-refractivity contribution in [3.05, 3.63) is 0 Å². The highest BCUT2D eigenvalue weighted by molar-refractivity contribution is 4.86. The topological polar surface area (TPSA) is 26.7 Å². The van der Waals surface area contributed by atoms with Crippen LogP contribution >= 0.6 is 0 Å². The lowest BCUT2D eigenvalue weighted by molar-refractivity contribution is 0.0149. The van der Waals surface area contributed by atoms with Crippen molar-refractivity contribution in [3.8, 4) is 0 Å². The van der Waals surface area contributed by atoms with E-state index in [0.717, 1.165) is 13.1 Å². The highest BCUT2D eigenvalue weighted by Gasteiger charge is 2.29. The number of likely N-dealkylation sites (tertiary alicyclic amines) is 1. The number of nitrogens with zero attached hydrogens (tertiary/aromatic N) is 2. The van der Waals surface area contributed by atoms with Crippen LogP contribution in [-0.4, -0.2) is 67.5 Å². The summed E-state index contributed by atoms with van der Waals surface area (Å²) >= 11 is 0. The van der Waals surface area contributed by atoms with Crippen LogP contribution in [0.2, 0.25) is 0 Å². The third-order valence-corrected chi connectivity index (χ3v) is 2.32. The van der Waals surface area contributed by atoms with E-state index in [-0.39, 0.29) is 0 Å². The Bertz CT molecular complexity index is 137. The van der Waals surface area contributed by atoms with Gasteiger partial charge in [-0.2, -0.15) is 0 Å². The van der Waals surface area contributed by atoms with Crippen molar-refractivity contribution in [2.24, 2.45) is 0 Å². The van der Waals surface area contributed by atoms with Crippen LogP contribution in [0.3, 0.4) is 0 Å². The molecule has 0 spiro atoms. The first kappa shape index (κ1) is 9.89. The van der Waals surface area contributed by atoms with Gasteiger partial charge in [-0.3, -0.25) is 4.90 Å². The Kier molecular flexibility index (Phi) is 3.43. The molecule has 0 bridgehead atoms. The number of rotatable bonds is 4. The molecule has 72 valence electrons. The molecule has 0 aromatic carbocycles. The van der Waals surface area contributed by atoms with Gasteiger partial charge in [-0.25, -0.2) is 4.39 Å². The molecule has 1 atom stereocenters. The van der Waals surface area contributed by atoms with E-state index in [1.807, 2.05) is 14.1 Å². The summed E-state index contributed by atoms with van der Waals surface area (Å²) < 4.78 is 11.9. The van der Waals surface area contributed by atoms with E-state index < -0.39 is 12.8 Å². The van der Waals surface area contributed by atoms with Gasteiger partial charge in [-0.1, -0.05) is 0 Å². The number of likely N-dealkylation sites (N-methyl/N-ethyl adjacent to an activating group) is 1. The minimum atomic E-state index is -0.798. The lowest BCUT2D eigenvalue weighted by Gasteiger charge is -2.43. The number of alkyl halides is 1. The number of hydrogen-bond donors (Lipinski definition) is 1. The molecule has 3 nitrogen and oxygen atoms in total. The summed E-state index contributed by atoms with van der Waals surface area (Å²) in [5.41, 5.74) is 0. The van der Waals surface area contributed by atoms with Crippen molar-refractivity contribution < 1.29 is 9.50 Å². The van der Waals surface area contributed by atoms with Crippen molar-refractivity contribution in [1.82, 2.24) is 9.80 Å². The summed E-state index contributed by atoms with van der Waals surface area (Å²) in [5, 5.41) is 8.99. The second-order valence-corrected chi connectivity index (χ2v) is 3.64. The van der Waals surface area contributed by atoms with Gasteiger partial charge in [0.25, 0.3) is 0 Å². The van der Waals surface area contributed by atoms with Gasteiger partial charge in [0, 0.05) is 25.7 Å². The maximum atomic E-state index is 11.9. The Labute approximate surface area is 72.8 Å². The Morgan fingerprint density at radius 1 is 1.58 bits per heavy atom. The Hall–Kier alpha value is -0.190. The Morgan fingerprint density at radius 3 is 2.58 bits per heavy atom. The molecule has 1 aliphatic rings. The molecule has 1 unspecified atom stereocenters. The van der Waals surface area contributed by atoms with Crippen molar-refractivity contribution in [1.29, 1.82) is 0 Å². The second kappa shape index (κ2) is 4.16. The highest BCUT2D eigenvalue weighted by Crippen LogP contribution is 2.12. The molecule has 1 saturated heterocycles. The highest BCUT2D eigenvalue weighted by atomic mass is 19.1. The van der Waals surface area contributed by atoms with Gasteiger partial charge in [0.1, 0.15) is 6.67 Å². The van der Waals surface area contributed by atoms with E-state index in [2.05, 4.69) is 9.80 Å². The normalized spacial score (nSPS) is 22.8. The van der Waals surface area contributed by atoms with Crippen LogP contribution in [0.5, 0.6) is 0 Å². The first-order valence-corrected chi connectivity index (χ1v) is 4.26. The minimum absolute atomic E-state index is 0.473. The molecule has 1 rings (SSSR count). The van der Waals surface area contributed by atoms with Crippen LogP contribution in [0.15, 0.2) is 0 Å². The fourth-order valence-corrected chi connectivity index (χ4v) is 1.37. The van der Waals surface area contributed by atoms with Crippen LogP contribution in [0.4, 0.5) is 4.39 Å². The van der Waals surface area contributed by atoms with E-state index in [1.165, 1.54) is 0 Å². The third-order valence-electron chi connectivity index (χ3n) is 2.32. The summed E-state index contributed by atoms with van der Waals surface area (Å²) in [7, 11) is 4.07. The Morgan fingerprint density at radius 2 is 2.17 bits per heavy atom. The largest absolute Gasteiger partial charge is 0.389 e. The zero-order valence-corrected chi connectivity index (χ0v) is 7.70. The van der Waals surface area contributed by atoms with Crippen LogP contribution in [0.1, 0.15) is 0 Å². The van der Waals surface area contributed by atoms with E-state index >= 15 is 0 Å². The zero-order valence-electron chi connectivity index (χ0n) is 7.70. The van der Waals surface area contributed by atoms with Crippen LogP contribution in [0, 0.1) is 0 Å². The molecule has 0 amide bonds. The van der Waals surface area contributed by atoms with Gasteiger partial charge in [0.15, 0.2) is 0 Å². The van der Waals surface area contributed by atoms with Crippen molar-refractivity contribution in [3.63, 3.8) is 0 Å². The molecule has 0 aromatic rings. The van der Waals surface area contributed by atoms with Crippen LogP contribution < -0.4 is 0 Å². The average Bonchev–Trinajstić information content (AvgIpc) is 1.94. The fourth-order valence-electron chi connectivity index (χ4n) is 1.37. The standard InChI is InChI=1S/C8H17FN2O/c1-10(2)7-4-11(5-7)6-8(12)3-9/h7-8,12H,3-6H2,1-2H3. The first-order valence-electron chi connectivity index (χ1n) is 4.26. The molecular weight excluding hydrogens is 159 g/mol. The molecule has 0 radical (unpaired) electrons. The van der Waals surface area contributed by atoms with E-state index in [0.29, 0.717) is 12.6 Å². The predicted molar refractivity (Wildman–Crippen MR) is 45.9 cm³/mol. The van der Waals surface area contributed by atoms with Crippen molar-refractivity contribution in [2.45, 2.75) is 12.1 Å². The van der Waals surface area contributed by atoms with Crippen molar-refractivity contribution in [2.75, 3.05) is 40.4 Å². The van der Waals surface area contributed by atoms with Crippen LogP contribution in [-0.2, 0) is 0 Å². The summed E-state index contributed by atoms with van der Waals surface area (Å²) in [5.74, 6) is 0. The summed E-state index contributed by atoms with van der Waals surface area (Å²) in [6.07, 6.45) is -0.798. The molecule has 1 fully saturated rings. The molecule has 0 saturated carbocycles. The molecule has 0 aromatic heterocycles. The Balaban J connectivity index is 2.09. The van der Waals surface area contributed by atoms with E-state index in [1.54, 1.807) is 0 Å². The van der Waals surface area contributed by atoms with Gasteiger partial charge in [-0.15, -0.1) is 0 Å². The molecule has 1 heterocycles. The molecule has 1 aliphatic heterocycles. The number of halogens is 1. The number of aliphatic hydroxyl groups is 1. The maximum Gasteiger partial charge on any atom is 0.117 e. The fraction of sp³-hybridized carbons (Fsp3) is 1.00. The van der Waals surface area contributed by atoms with Gasteiger partial charge < -0.3 is 10.0 Å². The maximum absolute atomic E-state index is 11.9. The minimum Gasteiger partial charge on any atom is -0.389 e. The number of aliphatic hydroxyl groups excluding tert-OH is 1. The molecular formula is C8H17FN2O. The molecule has 12 heavy (non-hydrogen) atoms. The zero-order chi connectivity index (χ0) is 9.14. The van der Waals surface area contributed by atoms with Crippen LogP contribution in [0.25, 0.3) is 0 Å². The second-order valence-electron chi connectivity index (χ2n) is 3.64. The molecule has 4 heteroatoms. The monoisotopic (exact) mass is 176 g/mol. The average molecular weight is 176 g/mol. The number of β-amino-alcohol motifs (C(OH)–C–C–N with tert-alkyl or cyclic N) is 1. The first-order chi connectivity index (χ1) is 5.63. The van der Waals surface area contributed by atoms with Crippen molar-refractivity contribution >= 4 is 0 Å². The number of hydrogen-bond acceptors (Lipinski definition) is 3. The lowest BCUT2D eigenvalue weighted by atomic mass is 10.1. The molecule has 1 N–H and O–H groups in total. The quantitative estimate of drug-likeness (QED) is 0.629. The van der Waals surface area contributed by atoms with Gasteiger partial charge in [0.05, 0.1) is 6.10 Å². The van der Waals surface area contributed by atoms with Gasteiger partial charge >= 0.3 is 0 Å². The third kappa shape index (κ3) is 2.40.